The molecule has 3 aliphatic rings. The third-order valence-corrected chi connectivity index (χ3v) is 4.51. The van der Waals surface area contributed by atoms with Gasteiger partial charge in [0.25, 0.3) is 0 Å². The molecule has 1 fully saturated rings. The normalized spacial score (nSPS) is 32.0. The lowest BCUT2D eigenvalue weighted by molar-refractivity contribution is -0.00894. The zero-order valence-corrected chi connectivity index (χ0v) is 9.48. The fraction of sp³-hybridized carbons (Fsp3) is 0.615. The molecule has 1 aromatic heterocycles. The van der Waals surface area contributed by atoms with Gasteiger partial charge in [-0.1, -0.05) is 25.5 Å². The second-order valence-electron chi connectivity index (χ2n) is 5.56. The van der Waals surface area contributed by atoms with Crippen molar-refractivity contribution in [1.29, 1.82) is 0 Å². The molecular weight excluding hydrogens is 184 g/mol. The molecule has 2 bridgehead atoms. The van der Waals surface area contributed by atoms with E-state index in [2.05, 4.69) is 35.7 Å². The van der Waals surface area contributed by atoms with Crippen molar-refractivity contribution < 1.29 is 0 Å². The highest BCUT2D eigenvalue weighted by molar-refractivity contribution is 5.23. The van der Waals surface area contributed by atoms with Crippen molar-refractivity contribution in [3.8, 4) is 0 Å². The Labute approximate surface area is 91.0 Å². The molecule has 0 N–H and O–H groups in total. The highest BCUT2D eigenvalue weighted by Crippen LogP contribution is 2.59. The van der Waals surface area contributed by atoms with Crippen LogP contribution in [0.1, 0.15) is 26.7 Å². The molecule has 3 aliphatic carbocycles. The summed E-state index contributed by atoms with van der Waals surface area (Å²) in [5, 5.41) is 0. The largest absolute Gasteiger partial charge is 0.333 e. The molecule has 0 aliphatic heterocycles. The minimum atomic E-state index is 0.546. The summed E-state index contributed by atoms with van der Waals surface area (Å²) in [6, 6.07) is 0. The van der Waals surface area contributed by atoms with Crippen molar-refractivity contribution in [2.45, 2.75) is 33.2 Å². The average molecular weight is 202 g/mol. The summed E-state index contributed by atoms with van der Waals surface area (Å²) in [5.41, 5.74) is 2.17. The fourth-order valence-corrected chi connectivity index (χ4v) is 3.25. The van der Waals surface area contributed by atoms with E-state index in [0.29, 0.717) is 5.41 Å². The van der Waals surface area contributed by atoms with Crippen LogP contribution in [0.3, 0.4) is 0 Å². The van der Waals surface area contributed by atoms with Gasteiger partial charge >= 0.3 is 0 Å². The van der Waals surface area contributed by atoms with Crippen LogP contribution in [0.15, 0.2) is 30.4 Å². The first-order chi connectivity index (χ1) is 7.18. The summed E-state index contributed by atoms with van der Waals surface area (Å²) in [6.07, 6.45) is 11.0. The summed E-state index contributed by atoms with van der Waals surface area (Å²) in [7, 11) is 0. The number of imidazole rings is 1. The van der Waals surface area contributed by atoms with Gasteiger partial charge in [-0.15, -0.1) is 0 Å². The summed E-state index contributed by atoms with van der Waals surface area (Å²) in [4.78, 5) is 4.10. The van der Waals surface area contributed by atoms with Gasteiger partial charge in [0.1, 0.15) is 0 Å². The van der Waals surface area contributed by atoms with E-state index >= 15 is 0 Å². The smallest absolute Gasteiger partial charge is 0.0948 e. The van der Waals surface area contributed by atoms with E-state index in [1.165, 1.54) is 12.8 Å². The Hall–Kier alpha value is -1.05. The third kappa shape index (κ3) is 1.27. The van der Waals surface area contributed by atoms with E-state index in [1.807, 2.05) is 12.5 Å². The lowest BCUT2D eigenvalue weighted by Gasteiger charge is -2.56. The monoisotopic (exact) mass is 202 g/mol. The minimum absolute atomic E-state index is 0.546. The van der Waals surface area contributed by atoms with E-state index in [1.54, 1.807) is 5.57 Å². The van der Waals surface area contributed by atoms with Gasteiger partial charge in [0.2, 0.25) is 0 Å². The van der Waals surface area contributed by atoms with E-state index in [9.17, 15) is 0 Å². The van der Waals surface area contributed by atoms with E-state index in [-0.39, 0.29) is 0 Å². The maximum absolute atomic E-state index is 4.10. The van der Waals surface area contributed by atoms with Crippen molar-refractivity contribution in [2.24, 2.45) is 17.3 Å². The summed E-state index contributed by atoms with van der Waals surface area (Å²) >= 11 is 0. The molecule has 80 valence electrons. The maximum Gasteiger partial charge on any atom is 0.0948 e. The standard InChI is InChI=1S/C13H18N2/c1-13(2)11-4-3-10(12(13)7-11)8-15-6-5-14-9-15/h3,5-6,9,11-12H,4,7-8H2,1-2H3. The van der Waals surface area contributed by atoms with Crippen LogP contribution in [-0.4, -0.2) is 9.55 Å². The Balaban J connectivity index is 1.80. The van der Waals surface area contributed by atoms with E-state index in [0.717, 1.165) is 18.4 Å². The van der Waals surface area contributed by atoms with Gasteiger partial charge in [-0.25, -0.2) is 4.98 Å². The first-order valence-electron chi connectivity index (χ1n) is 5.82. The van der Waals surface area contributed by atoms with Gasteiger partial charge < -0.3 is 4.57 Å². The predicted molar refractivity (Wildman–Crippen MR) is 60.3 cm³/mol. The summed E-state index contributed by atoms with van der Waals surface area (Å²) in [5.74, 6) is 1.76. The average Bonchev–Trinajstić information content (AvgIpc) is 2.70. The molecule has 0 radical (unpaired) electrons. The number of aromatic nitrogens is 2. The highest BCUT2D eigenvalue weighted by atomic mass is 15.0. The number of hydrogen-bond acceptors (Lipinski definition) is 1. The lowest BCUT2D eigenvalue weighted by Crippen LogP contribution is -2.48. The zero-order valence-electron chi connectivity index (χ0n) is 9.48. The van der Waals surface area contributed by atoms with Crippen LogP contribution in [0, 0.1) is 17.3 Å². The van der Waals surface area contributed by atoms with E-state index < -0.39 is 0 Å². The molecule has 0 amide bonds. The molecule has 0 aromatic carbocycles. The number of nitrogens with zero attached hydrogens (tertiary/aromatic N) is 2. The summed E-state index contributed by atoms with van der Waals surface area (Å²) in [6.45, 7) is 5.89. The molecule has 15 heavy (non-hydrogen) atoms. The van der Waals surface area contributed by atoms with Crippen LogP contribution < -0.4 is 0 Å². The Morgan fingerprint density at radius 1 is 1.53 bits per heavy atom. The predicted octanol–water partition coefficient (Wildman–Crippen LogP) is 2.88. The third-order valence-electron chi connectivity index (χ3n) is 4.51. The Kier molecular flexibility index (Phi) is 1.82. The van der Waals surface area contributed by atoms with Crippen molar-refractivity contribution in [2.75, 3.05) is 0 Å². The number of fused-ring (bicyclic) bond motifs is 1. The van der Waals surface area contributed by atoms with Gasteiger partial charge in [-0.05, 0) is 30.1 Å². The first kappa shape index (κ1) is 9.20. The Morgan fingerprint density at radius 2 is 2.40 bits per heavy atom. The van der Waals surface area contributed by atoms with Crippen LogP contribution in [0.2, 0.25) is 0 Å². The quantitative estimate of drug-likeness (QED) is 0.674. The van der Waals surface area contributed by atoms with Crippen molar-refractivity contribution in [3.63, 3.8) is 0 Å². The number of hydrogen-bond donors (Lipinski definition) is 0. The lowest BCUT2D eigenvalue weighted by atomic mass is 9.49. The fourth-order valence-electron chi connectivity index (χ4n) is 3.25. The van der Waals surface area contributed by atoms with Crippen molar-refractivity contribution >= 4 is 0 Å². The molecule has 2 nitrogen and oxygen atoms in total. The molecular formula is C13H18N2. The topological polar surface area (TPSA) is 17.8 Å². The molecule has 0 saturated heterocycles. The molecule has 0 spiro atoms. The van der Waals surface area contributed by atoms with Gasteiger partial charge in [0.05, 0.1) is 6.33 Å². The van der Waals surface area contributed by atoms with Crippen LogP contribution >= 0.6 is 0 Å². The second-order valence-corrected chi connectivity index (χ2v) is 5.56. The molecule has 2 atom stereocenters. The van der Waals surface area contributed by atoms with Gasteiger partial charge in [0.15, 0.2) is 0 Å². The number of rotatable bonds is 2. The van der Waals surface area contributed by atoms with E-state index in [4.69, 9.17) is 0 Å². The Morgan fingerprint density at radius 3 is 3.00 bits per heavy atom. The van der Waals surface area contributed by atoms with Gasteiger partial charge in [-0.2, -0.15) is 0 Å². The van der Waals surface area contributed by atoms with Crippen LogP contribution in [0.25, 0.3) is 0 Å². The first-order valence-corrected chi connectivity index (χ1v) is 5.82. The van der Waals surface area contributed by atoms with Crippen LogP contribution in [0.4, 0.5) is 0 Å². The molecule has 1 aromatic rings. The molecule has 1 heterocycles. The SMILES string of the molecule is CC1(C)C2CC=C(Cn3ccnc3)C1C2. The van der Waals surface area contributed by atoms with Crippen molar-refractivity contribution in [3.05, 3.63) is 30.4 Å². The van der Waals surface area contributed by atoms with Gasteiger partial charge in [0, 0.05) is 18.9 Å². The minimum Gasteiger partial charge on any atom is -0.333 e. The van der Waals surface area contributed by atoms with Gasteiger partial charge in [-0.3, -0.25) is 0 Å². The molecule has 1 saturated carbocycles. The molecule has 4 rings (SSSR count). The van der Waals surface area contributed by atoms with Crippen LogP contribution in [0.5, 0.6) is 0 Å². The molecule has 2 heteroatoms. The van der Waals surface area contributed by atoms with Crippen molar-refractivity contribution in [1.82, 2.24) is 9.55 Å². The molecule has 2 unspecified atom stereocenters. The highest BCUT2D eigenvalue weighted by Gasteiger charge is 2.50. The Bertz CT molecular complexity index is 387. The second kappa shape index (κ2) is 2.97. The number of allylic oxidation sites excluding steroid dienone is 2. The summed E-state index contributed by atoms with van der Waals surface area (Å²) < 4.78 is 2.18. The maximum atomic E-state index is 4.10. The van der Waals surface area contributed by atoms with Crippen LogP contribution in [-0.2, 0) is 6.54 Å². The zero-order chi connectivity index (χ0) is 10.5.